The summed E-state index contributed by atoms with van der Waals surface area (Å²) >= 11 is 3.48. The Morgan fingerprint density at radius 3 is 2.86 bits per heavy atom. The highest BCUT2D eigenvalue weighted by atomic mass is 79.9. The summed E-state index contributed by atoms with van der Waals surface area (Å²) in [4.78, 5) is 0. The van der Waals surface area contributed by atoms with Crippen molar-refractivity contribution in [2.24, 2.45) is 17.6 Å². The molecule has 76 valence electrons. The predicted molar refractivity (Wildman–Crippen MR) is 63.1 cm³/mol. The standard InChI is InChI=1S/C12H16BrN/c1-8-5-11(8)12(14)7-9-3-2-4-10(13)6-9/h2-4,6,8,11-12H,5,7,14H2,1H3. The van der Waals surface area contributed by atoms with Crippen molar-refractivity contribution in [3.05, 3.63) is 34.3 Å². The van der Waals surface area contributed by atoms with Crippen LogP contribution in [0.1, 0.15) is 18.9 Å². The van der Waals surface area contributed by atoms with Crippen molar-refractivity contribution < 1.29 is 0 Å². The van der Waals surface area contributed by atoms with Gasteiger partial charge >= 0.3 is 0 Å². The van der Waals surface area contributed by atoms with Gasteiger partial charge in [0.05, 0.1) is 0 Å². The fourth-order valence-electron chi connectivity index (χ4n) is 2.03. The van der Waals surface area contributed by atoms with Crippen molar-refractivity contribution >= 4 is 15.9 Å². The maximum atomic E-state index is 6.14. The van der Waals surface area contributed by atoms with Gasteiger partial charge in [0.2, 0.25) is 0 Å². The first-order valence-corrected chi connectivity index (χ1v) is 5.96. The summed E-state index contributed by atoms with van der Waals surface area (Å²) in [5, 5.41) is 0. The van der Waals surface area contributed by atoms with E-state index in [0.29, 0.717) is 6.04 Å². The summed E-state index contributed by atoms with van der Waals surface area (Å²) in [5.41, 5.74) is 7.48. The van der Waals surface area contributed by atoms with Crippen LogP contribution in [0.4, 0.5) is 0 Å². The second-order valence-corrected chi connectivity index (χ2v) is 5.29. The summed E-state index contributed by atoms with van der Waals surface area (Å²) in [6, 6.07) is 8.78. The molecule has 2 N–H and O–H groups in total. The third kappa shape index (κ3) is 2.37. The number of hydrogen-bond donors (Lipinski definition) is 1. The molecule has 0 radical (unpaired) electrons. The van der Waals surface area contributed by atoms with Gasteiger partial charge in [-0.05, 0) is 42.4 Å². The van der Waals surface area contributed by atoms with Gasteiger partial charge in [-0.25, -0.2) is 0 Å². The van der Waals surface area contributed by atoms with Gasteiger partial charge in [0.15, 0.2) is 0 Å². The SMILES string of the molecule is CC1CC1C(N)Cc1cccc(Br)c1. The minimum Gasteiger partial charge on any atom is -0.327 e. The normalized spacial score (nSPS) is 27.4. The fourth-order valence-corrected chi connectivity index (χ4v) is 2.48. The van der Waals surface area contributed by atoms with Crippen LogP contribution < -0.4 is 5.73 Å². The van der Waals surface area contributed by atoms with Gasteiger partial charge < -0.3 is 5.73 Å². The lowest BCUT2D eigenvalue weighted by atomic mass is 10.0. The zero-order valence-electron chi connectivity index (χ0n) is 8.41. The molecule has 3 unspecified atom stereocenters. The van der Waals surface area contributed by atoms with E-state index < -0.39 is 0 Å². The molecule has 1 aliphatic rings. The molecule has 2 rings (SSSR count). The Morgan fingerprint density at radius 2 is 2.29 bits per heavy atom. The molecule has 0 aromatic heterocycles. The van der Waals surface area contributed by atoms with Crippen molar-refractivity contribution in [2.75, 3.05) is 0 Å². The monoisotopic (exact) mass is 253 g/mol. The van der Waals surface area contributed by atoms with Crippen LogP contribution in [0.15, 0.2) is 28.7 Å². The summed E-state index contributed by atoms with van der Waals surface area (Å²) in [6.07, 6.45) is 2.32. The van der Waals surface area contributed by atoms with E-state index >= 15 is 0 Å². The smallest absolute Gasteiger partial charge is 0.0178 e. The van der Waals surface area contributed by atoms with E-state index in [1.165, 1.54) is 12.0 Å². The molecule has 14 heavy (non-hydrogen) atoms. The second kappa shape index (κ2) is 4.03. The molecule has 0 aliphatic heterocycles. The van der Waals surface area contributed by atoms with E-state index in [2.05, 4.69) is 47.1 Å². The number of nitrogens with two attached hydrogens (primary N) is 1. The van der Waals surface area contributed by atoms with Gasteiger partial charge in [-0.2, -0.15) is 0 Å². The quantitative estimate of drug-likeness (QED) is 0.881. The van der Waals surface area contributed by atoms with Gasteiger partial charge in [-0.3, -0.25) is 0 Å². The Labute approximate surface area is 93.8 Å². The Morgan fingerprint density at radius 1 is 1.57 bits per heavy atom. The molecule has 1 nitrogen and oxygen atoms in total. The zero-order chi connectivity index (χ0) is 10.1. The molecule has 1 aromatic carbocycles. The van der Waals surface area contributed by atoms with Crippen molar-refractivity contribution in [1.82, 2.24) is 0 Å². The summed E-state index contributed by atoms with van der Waals surface area (Å²) < 4.78 is 1.14. The van der Waals surface area contributed by atoms with Crippen LogP contribution in [0.2, 0.25) is 0 Å². The molecule has 1 aromatic rings. The summed E-state index contributed by atoms with van der Waals surface area (Å²) in [5.74, 6) is 1.60. The van der Waals surface area contributed by atoms with Crippen LogP contribution in [0.5, 0.6) is 0 Å². The summed E-state index contributed by atoms with van der Waals surface area (Å²) in [6.45, 7) is 2.28. The first-order valence-electron chi connectivity index (χ1n) is 5.17. The molecule has 1 aliphatic carbocycles. The van der Waals surface area contributed by atoms with Crippen LogP contribution in [-0.4, -0.2) is 6.04 Å². The largest absolute Gasteiger partial charge is 0.327 e. The number of hydrogen-bond acceptors (Lipinski definition) is 1. The molecule has 0 spiro atoms. The second-order valence-electron chi connectivity index (χ2n) is 4.37. The number of halogens is 1. The Hall–Kier alpha value is -0.340. The molecule has 0 bridgehead atoms. The van der Waals surface area contributed by atoms with Gasteiger partial charge in [0.25, 0.3) is 0 Å². The third-order valence-electron chi connectivity index (χ3n) is 3.08. The van der Waals surface area contributed by atoms with Gasteiger partial charge in [-0.1, -0.05) is 35.0 Å². The molecule has 0 amide bonds. The van der Waals surface area contributed by atoms with Gasteiger partial charge in [0, 0.05) is 10.5 Å². The van der Waals surface area contributed by atoms with Crippen LogP contribution in [0.25, 0.3) is 0 Å². The van der Waals surface area contributed by atoms with E-state index in [1.54, 1.807) is 0 Å². The van der Waals surface area contributed by atoms with Crippen molar-refractivity contribution in [3.8, 4) is 0 Å². The Kier molecular flexibility index (Phi) is 2.93. The highest BCUT2D eigenvalue weighted by Crippen LogP contribution is 2.40. The molecular formula is C12H16BrN. The molecule has 1 saturated carbocycles. The predicted octanol–water partition coefficient (Wildman–Crippen LogP) is 2.97. The maximum Gasteiger partial charge on any atom is 0.0178 e. The van der Waals surface area contributed by atoms with Crippen LogP contribution in [-0.2, 0) is 6.42 Å². The fraction of sp³-hybridized carbons (Fsp3) is 0.500. The zero-order valence-corrected chi connectivity index (χ0v) is 10.00. The molecule has 0 saturated heterocycles. The maximum absolute atomic E-state index is 6.14. The lowest BCUT2D eigenvalue weighted by Gasteiger charge is -2.10. The average molecular weight is 254 g/mol. The van der Waals surface area contributed by atoms with Crippen LogP contribution in [0.3, 0.4) is 0 Å². The van der Waals surface area contributed by atoms with E-state index in [-0.39, 0.29) is 0 Å². The highest BCUT2D eigenvalue weighted by Gasteiger charge is 2.37. The summed E-state index contributed by atoms with van der Waals surface area (Å²) in [7, 11) is 0. The minimum absolute atomic E-state index is 0.347. The van der Waals surface area contributed by atoms with E-state index in [0.717, 1.165) is 22.7 Å². The van der Waals surface area contributed by atoms with E-state index in [1.807, 2.05) is 0 Å². The van der Waals surface area contributed by atoms with Crippen molar-refractivity contribution in [3.63, 3.8) is 0 Å². The minimum atomic E-state index is 0.347. The Bertz CT molecular complexity index is 324. The van der Waals surface area contributed by atoms with Crippen molar-refractivity contribution in [1.29, 1.82) is 0 Å². The van der Waals surface area contributed by atoms with E-state index in [9.17, 15) is 0 Å². The van der Waals surface area contributed by atoms with Crippen LogP contribution >= 0.6 is 15.9 Å². The molecular weight excluding hydrogens is 238 g/mol. The van der Waals surface area contributed by atoms with E-state index in [4.69, 9.17) is 5.73 Å². The van der Waals surface area contributed by atoms with Gasteiger partial charge in [0.1, 0.15) is 0 Å². The lowest BCUT2D eigenvalue weighted by molar-refractivity contribution is 0.560. The van der Waals surface area contributed by atoms with Crippen molar-refractivity contribution in [2.45, 2.75) is 25.8 Å². The molecule has 0 heterocycles. The van der Waals surface area contributed by atoms with Gasteiger partial charge in [-0.15, -0.1) is 0 Å². The lowest BCUT2D eigenvalue weighted by Crippen LogP contribution is -2.25. The first-order chi connectivity index (χ1) is 6.66. The number of rotatable bonds is 3. The first kappa shape index (κ1) is 10.2. The molecule has 1 fully saturated rings. The third-order valence-corrected chi connectivity index (χ3v) is 3.58. The molecule has 2 heteroatoms. The topological polar surface area (TPSA) is 26.0 Å². The number of benzene rings is 1. The highest BCUT2D eigenvalue weighted by molar-refractivity contribution is 9.10. The Balaban J connectivity index is 1.96. The van der Waals surface area contributed by atoms with Crippen LogP contribution in [0, 0.1) is 11.8 Å². The average Bonchev–Trinajstić information content (AvgIpc) is 2.82. The molecule has 3 atom stereocenters.